The number of rotatable bonds is 5. The number of ketones is 1. The third-order valence-corrected chi connectivity index (χ3v) is 3.05. The number of carbonyl (C=O) groups is 3. The van der Waals surface area contributed by atoms with E-state index in [1.54, 1.807) is 32.9 Å². The molecular formula is C16H21N3O4. The van der Waals surface area contributed by atoms with Crippen molar-refractivity contribution in [1.29, 1.82) is 0 Å². The highest BCUT2D eigenvalue weighted by Crippen LogP contribution is 2.17. The van der Waals surface area contributed by atoms with Crippen molar-refractivity contribution in [3.05, 3.63) is 29.8 Å². The van der Waals surface area contributed by atoms with E-state index in [1.807, 2.05) is 0 Å². The molecule has 0 fully saturated rings. The number of hydrogen-bond donors (Lipinski definition) is 2. The lowest BCUT2D eigenvalue weighted by molar-refractivity contribution is -0.134. The maximum absolute atomic E-state index is 12.0. The van der Waals surface area contributed by atoms with E-state index in [4.69, 9.17) is 5.73 Å². The standard InChI is InChI=1S/C16H21N3O4/c1-16(2,3)13(20)9-12(15(22)23-4)18-19-14(21)10-5-7-11(17)8-6-10/h5-8H,9,17H2,1-4H3,(H,19,21)/b18-12-. The Morgan fingerprint density at radius 2 is 1.74 bits per heavy atom. The number of nitrogen functional groups attached to an aromatic ring is 1. The van der Waals surface area contributed by atoms with E-state index in [0.29, 0.717) is 11.3 Å². The van der Waals surface area contributed by atoms with Crippen LogP contribution in [0.2, 0.25) is 0 Å². The van der Waals surface area contributed by atoms with Crippen LogP contribution in [0.1, 0.15) is 37.6 Å². The summed E-state index contributed by atoms with van der Waals surface area (Å²) in [5.74, 6) is -1.47. The highest BCUT2D eigenvalue weighted by atomic mass is 16.5. The second-order valence-electron chi connectivity index (χ2n) is 5.96. The Balaban J connectivity index is 2.88. The van der Waals surface area contributed by atoms with Gasteiger partial charge in [0.25, 0.3) is 5.91 Å². The Morgan fingerprint density at radius 3 is 2.22 bits per heavy atom. The quantitative estimate of drug-likeness (QED) is 0.370. The predicted octanol–water partition coefficient (Wildman–Crippen LogP) is 1.53. The van der Waals surface area contributed by atoms with Crippen LogP contribution in [-0.2, 0) is 14.3 Å². The van der Waals surface area contributed by atoms with E-state index < -0.39 is 17.3 Å². The first-order valence-corrected chi connectivity index (χ1v) is 6.99. The third-order valence-electron chi connectivity index (χ3n) is 3.05. The first-order chi connectivity index (χ1) is 10.6. The van der Waals surface area contributed by atoms with Gasteiger partial charge in [0.05, 0.1) is 13.5 Å². The molecule has 0 atom stereocenters. The molecular weight excluding hydrogens is 298 g/mol. The molecule has 1 amide bonds. The molecule has 0 spiro atoms. The molecule has 3 N–H and O–H groups in total. The number of methoxy groups -OCH3 is 1. The van der Waals surface area contributed by atoms with Gasteiger partial charge in [0.2, 0.25) is 0 Å². The van der Waals surface area contributed by atoms with Crippen molar-refractivity contribution in [2.24, 2.45) is 10.5 Å². The summed E-state index contributed by atoms with van der Waals surface area (Å²) in [5, 5.41) is 3.74. The molecule has 0 bridgehead atoms. The molecule has 23 heavy (non-hydrogen) atoms. The second kappa shape index (κ2) is 7.53. The van der Waals surface area contributed by atoms with Gasteiger partial charge < -0.3 is 10.5 Å². The van der Waals surface area contributed by atoms with Crippen LogP contribution in [-0.4, -0.2) is 30.5 Å². The first-order valence-electron chi connectivity index (χ1n) is 6.99. The molecule has 1 rings (SSSR count). The van der Waals surface area contributed by atoms with Gasteiger partial charge in [0, 0.05) is 16.7 Å². The largest absolute Gasteiger partial charge is 0.464 e. The average molecular weight is 319 g/mol. The molecule has 0 aliphatic rings. The van der Waals surface area contributed by atoms with Crippen molar-refractivity contribution in [2.45, 2.75) is 27.2 Å². The fraction of sp³-hybridized carbons (Fsp3) is 0.375. The number of anilines is 1. The minimum absolute atomic E-state index is 0.156. The molecule has 0 radical (unpaired) electrons. The van der Waals surface area contributed by atoms with E-state index in [9.17, 15) is 14.4 Å². The van der Waals surface area contributed by atoms with Crippen molar-refractivity contribution in [2.75, 3.05) is 12.8 Å². The first kappa shape index (κ1) is 18.3. The molecule has 0 aliphatic carbocycles. The van der Waals surface area contributed by atoms with Gasteiger partial charge in [-0.1, -0.05) is 20.8 Å². The van der Waals surface area contributed by atoms with E-state index in [-0.39, 0.29) is 17.9 Å². The summed E-state index contributed by atoms with van der Waals surface area (Å²) in [6.45, 7) is 5.20. The molecule has 0 heterocycles. The molecule has 0 saturated carbocycles. The molecule has 0 aromatic heterocycles. The van der Waals surface area contributed by atoms with Crippen molar-refractivity contribution < 1.29 is 19.1 Å². The molecule has 0 unspecified atom stereocenters. The SMILES string of the molecule is COC(=O)/C(CC(=O)C(C)(C)C)=N\NC(=O)c1ccc(N)cc1. The maximum Gasteiger partial charge on any atom is 0.354 e. The minimum atomic E-state index is -0.764. The van der Waals surface area contributed by atoms with Crippen LogP contribution >= 0.6 is 0 Å². The number of esters is 1. The Hall–Kier alpha value is -2.70. The highest BCUT2D eigenvalue weighted by molar-refractivity contribution is 6.40. The highest BCUT2D eigenvalue weighted by Gasteiger charge is 2.26. The molecule has 0 saturated heterocycles. The Labute approximate surface area is 134 Å². The second-order valence-corrected chi connectivity index (χ2v) is 5.96. The monoisotopic (exact) mass is 319 g/mol. The molecule has 0 aliphatic heterocycles. The zero-order chi connectivity index (χ0) is 17.6. The van der Waals surface area contributed by atoms with Crippen LogP contribution in [0.15, 0.2) is 29.4 Å². The molecule has 7 heteroatoms. The third kappa shape index (κ3) is 5.54. The van der Waals surface area contributed by atoms with Gasteiger partial charge in [0.15, 0.2) is 5.71 Å². The lowest BCUT2D eigenvalue weighted by Crippen LogP contribution is -2.30. The number of carbonyl (C=O) groups excluding carboxylic acids is 3. The van der Waals surface area contributed by atoms with E-state index >= 15 is 0 Å². The topological polar surface area (TPSA) is 111 Å². The molecule has 124 valence electrons. The summed E-state index contributed by atoms with van der Waals surface area (Å²) in [7, 11) is 1.18. The van der Waals surface area contributed by atoms with E-state index in [2.05, 4.69) is 15.3 Å². The van der Waals surface area contributed by atoms with Gasteiger partial charge >= 0.3 is 5.97 Å². The number of ether oxygens (including phenoxy) is 1. The van der Waals surface area contributed by atoms with Crippen LogP contribution in [0, 0.1) is 5.41 Å². The van der Waals surface area contributed by atoms with Gasteiger partial charge in [-0.25, -0.2) is 10.2 Å². The van der Waals surface area contributed by atoms with Crippen LogP contribution in [0.4, 0.5) is 5.69 Å². The maximum atomic E-state index is 12.0. The van der Waals surface area contributed by atoms with Gasteiger partial charge in [-0.3, -0.25) is 9.59 Å². The Bertz CT molecular complexity index is 628. The van der Waals surface area contributed by atoms with Gasteiger partial charge in [-0.15, -0.1) is 0 Å². The summed E-state index contributed by atoms with van der Waals surface area (Å²) in [5.41, 5.74) is 7.86. The average Bonchev–Trinajstić information content (AvgIpc) is 2.49. The van der Waals surface area contributed by atoms with Gasteiger partial charge in [0.1, 0.15) is 5.78 Å². The van der Waals surface area contributed by atoms with Gasteiger partial charge in [-0.05, 0) is 24.3 Å². The van der Waals surface area contributed by atoms with Gasteiger partial charge in [-0.2, -0.15) is 5.10 Å². The summed E-state index contributed by atoms with van der Waals surface area (Å²) < 4.78 is 4.59. The summed E-state index contributed by atoms with van der Waals surface area (Å²) >= 11 is 0. The lowest BCUT2D eigenvalue weighted by atomic mass is 9.88. The summed E-state index contributed by atoms with van der Waals surface area (Å²) in [4.78, 5) is 35.7. The summed E-state index contributed by atoms with van der Waals surface area (Å²) in [6.07, 6.45) is -0.224. The molecule has 1 aromatic carbocycles. The van der Waals surface area contributed by atoms with Crippen LogP contribution < -0.4 is 11.2 Å². The molecule has 7 nitrogen and oxygen atoms in total. The normalized spacial score (nSPS) is 11.7. The fourth-order valence-electron chi connectivity index (χ4n) is 1.51. The van der Waals surface area contributed by atoms with Crippen molar-refractivity contribution >= 4 is 29.1 Å². The number of nitrogens with zero attached hydrogens (tertiary/aromatic N) is 1. The fourth-order valence-corrected chi connectivity index (χ4v) is 1.51. The number of nitrogens with one attached hydrogen (secondary N) is 1. The minimum Gasteiger partial charge on any atom is -0.464 e. The van der Waals surface area contributed by atoms with Crippen LogP contribution in [0.25, 0.3) is 0 Å². The smallest absolute Gasteiger partial charge is 0.354 e. The number of amides is 1. The number of hydrazone groups is 1. The van der Waals surface area contributed by atoms with E-state index in [0.717, 1.165) is 0 Å². The number of benzene rings is 1. The number of nitrogens with two attached hydrogens (primary N) is 1. The zero-order valence-electron chi connectivity index (χ0n) is 13.7. The van der Waals surface area contributed by atoms with E-state index in [1.165, 1.54) is 19.2 Å². The van der Waals surface area contributed by atoms with Crippen molar-refractivity contribution in [3.8, 4) is 0 Å². The summed E-state index contributed by atoms with van der Waals surface area (Å²) in [6, 6.07) is 6.20. The van der Waals surface area contributed by atoms with Crippen molar-refractivity contribution in [1.82, 2.24) is 5.43 Å². The number of Topliss-reactive ketones (excluding diaryl/α,β-unsaturated/α-hetero) is 1. The number of hydrogen-bond acceptors (Lipinski definition) is 6. The van der Waals surface area contributed by atoms with Crippen LogP contribution in [0.3, 0.4) is 0 Å². The van der Waals surface area contributed by atoms with Crippen molar-refractivity contribution in [3.63, 3.8) is 0 Å². The Kier molecular flexibility index (Phi) is 6.01. The molecule has 1 aromatic rings. The lowest BCUT2D eigenvalue weighted by Gasteiger charge is -2.16. The van der Waals surface area contributed by atoms with Crippen LogP contribution in [0.5, 0.6) is 0 Å². The predicted molar refractivity (Wildman–Crippen MR) is 86.9 cm³/mol. The Morgan fingerprint density at radius 1 is 1.17 bits per heavy atom. The zero-order valence-corrected chi connectivity index (χ0v) is 13.7.